The number of nitrogens with one attached hydrogen (secondary N) is 1. The van der Waals surface area contributed by atoms with Crippen LogP contribution in [0.3, 0.4) is 0 Å². The van der Waals surface area contributed by atoms with Crippen LogP contribution in [0.25, 0.3) is 0 Å². The lowest BCUT2D eigenvalue weighted by molar-refractivity contribution is -0.148. The Labute approximate surface area is 145 Å². The summed E-state index contributed by atoms with van der Waals surface area (Å²) in [6.07, 6.45) is 3.00. The van der Waals surface area contributed by atoms with Gasteiger partial charge in [0.25, 0.3) is 0 Å². The average molecular weight is 333 g/mol. The van der Waals surface area contributed by atoms with Gasteiger partial charge in [0.15, 0.2) is 0 Å². The van der Waals surface area contributed by atoms with Crippen LogP contribution in [0.4, 0.5) is 5.69 Å². The van der Waals surface area contributed by atoms with Crippen molar-refractivity contribution in [1.82, 2.24) is 10.2 Å². The highest BCUT2D eigenvalue weighted by molar-refractivity contribution is 5.73. The number of carboxylic acids is 1. The molecule has 1 saturated heterocycles. The molecule has 1 aromatic carbocycles. The van der Waals surface area contributed by atoms with Crippen molar-refractivity contribution in [3.8, 4) is 0 Å². The van der Waals surface area contributed by atoms with Gasteiger partial charge in [-0.15, -0.1) is 0 Å². The van der Waals surface area contributed by atoms with Crippen LogP contribution in [0.2, 0.25) is 0 Å². The van der Waals surface area contributed by atoms with Gasteiger partial charge in [-0.3, -0.25) is 4.79 Å². The maximum absolute atomic E-state index is 11.3. The topological polar surface area (TPSA) is 78.6 Å². The van der Waals surface area contributed by atoms with Crippen molar-refractivity contribution in [2.75, 3.05) is 31.9 Å². The van der Waals surface area contributed by atoms with Gasteiger partial charge in [-0.05, 0) is 71.3 Å². The number of hydrogen-bond donors (Lipinski definition) is 3. The summed E-state index contributed by atoms with van der Waals surface area (Å²) in [6, 6.07) is 8.01. The van der Waals surface area contributed by atoms with E-state index in [2.05, 4.69) is 23.2 Å². The number of anilines is 1. The van der Waals surface area contributed by atoms with E-state index in [0.29, 0.717) is 6.54 Å². The van der Waals surface area contributed by atoms with Crippen LogP contribution < -0.4 is 11.1 Å². The Balaban J connectivity index is 1.78. The normalized spacial score (nSPS) is 18.5. The third-order valence-electron chi connectivity index (χ3n) is 5.16. The average Bonchev–Trinajstić information content (AvgIpc) is 2.51. The molecule has 0 radical (unpaired) electrons. The van der Waals surface area contributed by atoms with E-state index in [4.69, 9.17) is 5.73 Å². The number of nitrogen functional groups attached to an aromatic ring is 1. The monoisotopic (exact) mass is 333 g/mol. The van der Waals surface area contributed by atoms with E-state index in [1.54, 1.807) is 13.8 Å². The molecule has 0 aromatic heterocycles. The first-order valence-electron chi connectivity index (χ1n) is 8.76. The Kier molecular flexibility index (Phi) is 5.88. The summed E-state index contributed by atoms with van der Waals surface area (Å²) in [5.41, 5.74) is 7.47. The third-order valence-corrected chi connectivity index (χ3v) is 5.16. The zero-order valence-electron chi connectivity index (χ0n) is 15.1. The Morgan fingerprint density at radius 1 is 1.33 bits per heavy atom. The molecule has 0 amide bonds. The van der Waals surface area contributed by atoms with Gasteiger partial charge >= 0.3 is 5.97 Å². The van der Waals surface area contributed by atoms with Crippen LogP contribution >= 0.6 is 0 Å². The van der Waals surface area contributed by atoms with E-state index in [0.717, 1.165) is 44.6 Å². The molecule has 0 atom stereocenters. The lowest BCUT2D eigenvalue weighted by atomic mass is 9.87. The molecule has 1 aliphatic heterocycles. The molecule has 4 N–H and O–H groups in total. The Bertz CT molecular complexity index is 563. The highest BCUT2D eigenvalue weighted by Crippen LogP contribution is 2.25. The number of benzene rings is 1. The number of carbonyl (C=O) groups is 1. The third kappa shape index (κ3) is 4.95. The van der Waals surface area contributed by atoms with E-state index in [9.17, 15) is 9.90 Å². The van der Waals surface area contributed by atoms with Crippen LogP contribution in [0.5, 0.6) is 0 Å². The first kappa shape index (κ1) is 18.7. The minimum Gasteiger partial charge on any atom is -0.481 e. The molecule has 1 heterocycles. The van der Waals surface area contributed by atoms with Gasteiger partial charge in [0, 0.05) is 17.8 Å². The summed E-state index contributed by atoms with van der Waals surface area (Å²) in [6.45, 7) is 9.25. The second kappa shape index (κ2) is 7.53. The van der Waals surface area contributed by atoms with Crippen molar-refractivity contribution in [1.29, 1.82) is 0 Å². The van der Waals surface area contributed by atoms with Gasteiger partial charge in [0.1, 0.15) is 0 Å². The molecular weight excluding hydrogens is 302 g/mol. The molecule has 134 valence electrons. The summed E-state index contributed by atoms with van der Waals surface area (Å²) < 4.78 is 0. The fourth-order valence-corrected chi connectivity index (χ4v) is 3.27. The molecule has 0 saturated carbocycles. The van der Waals surface area contributed by atoms with Gasteiger partial charge in [0.05, 0.1) is 5.41 Å². The summed E-state index contributed by atoms with van der Waals surface area (Å²) in [5, 5.41) is 13.0. The number of likely N-dealkylation sites (tertiary alicyclic amines) is 1. The van der Waals surface area contributed by atoms with Gasteiger partial charge < -0.3 is 21.1 Å². The molecule has 5 heteroatoms. The number of aliphatic carboxylic acids is 1. The minimum atomic E-state index is -0.727. The molecule has 0 spiro atoms. The van der Waals surface area contributed by atoms with Crippen molar-refractivity contribution in [3.63, 3.8) is 0 Å². The maximum atomic E-state index is 11.3. The fraction of sp³-hybridized carbons (Fsp3) is 0.632. The Morgan fingerprint density at radius 3 is 2.54 bits per heavy atom. The standard InChI is InChI=1S/C19H31N3O2/c1-18(2,17(23)24)14-22-12-9-19(3,10-13-22)21-11-8-15-6-4-5-7-16(15)20/h4-7,21H,8-14,20H2,1-3H3,(H,23,24). The summed E-state index contributed by atoms with van der Waals surface area (Å²) in [7, 11) is 0. The smallest absolute Gasteiger partial charge is 0.310 e. The Hall–Kier alpha value is -1.59. The molecule has 0 aliphatic carbocycles. The molecular formula is C19H31N3O2. The molecule has 1 aromatic rings. The fourth-order valence-electron chi connectivity index (χ4n) is 3.27. The van der Waals surface area contributed by atoms with E-state index < -0.39 is 11.4 Å². The Morgan fingerprint density at radius 2 is 1.96 bits per heavy atom. The number of rotatable bonds is 7. The van der Waals surface area contributed by atoms with Crippen molar-refractivity contribution < 1.29 is 9.90 Å². The van der Waals surface area contributed by atoms with Crippen LogP contribution in [-0.4, -0.2) is 47.7 Å². The van der Waals surface area contributed by atoms with Gasteiger partial charge in [-0.1, -0.05) is 18.2 Å². The quantitative estimate of drug-likeness (QED) is 0.668. The lowest BCUT2D eigenvalue weighted by Gasteiger charge is -2.42. The molecule has 1 aliphatic rings. The molecule has 2 rings (SSSR count). The lowest BCUT2D eigenvalue weighted by Crippen LogP contribution is -2.53. The molecule has 24 heavy (non-hydrogen) atoms. The highest BCUT2D eigenvalue weighted by atomic mass is 16.4. The molecule has 0 bridgehead atoms. The van der Waals surface area contributed by atoms with Crippen LogP contribution in [0.15, 0.2) is 24.3 Å². The zero-order chi connectivity index (χ0) is 17.8. The maximum Gasteiger partial charge on any atom is 0.310 e. The number of nitrogens with zero attached hydrogens (tertiary/aromatic N) is 1. The van der Waals surface area contributed by atoms with Gasteiger partial charge in [-0.2, -0.15) is 0 Å². The van der Waals surface area contributed by atoms with Crippen LogP contribution in [0, 0.1) is 5.41 Å². The minimum absolute atomic E-state index is 0.118. The van der Waals surface area contributed by atoms with Crippen LogP contribution in [-0.2, 0) is 11.2 Å². The highest BCUT2D eigenvalue weighted by Gasteiger charge is 2.34. The van der Waals surface area contributed by atoms with Crippen molar-refractivity contribution >= 4 is 11.7 Å². The second-order valence-electron chi connectivity index (χ2n) is 7.90. The van der Waals surface area contributed by atoms with Gasteiger partial charge in [-0.25, -0.2) is 0 Å². The number of nitrogens with two attached hydrogens (primary N) is 1. The molecule has 5 nitrogen and oxygen atoms in total. The van der Waals surface area contributed by atoms with E-state index in [1.807, 2.05) is 18.2 Å². The number of hydrogen-bond acceptors (Lipinski definition) is 4. The van der Waals surface area contributed by atoms with Crippen molar-refractivity contribution in [3.05, 3.63) is 29.8 Å². The second-order valence-corrected chi connectivity index (χ2v) is 7.90. The number of carboxylic acid groups (broad SMARTS) is 1. The molecule has 0 unspecified atom stereocenters. The molecule has 1 fully saturated rings. The van der Waals surface area contributed by atoms with Crippen molar-refractivity contribution in [2.45, 2.75) is 45.6 Å². The van der Waals surface area contributed by atoms with E-state index >= 15 is 0 Å². The van der Waals surface area contributed by atoms with Crippen LogP contribution in [0.1, 0.15) is 39.2 Å². The van der Waals surface area contributed by atoms with Gasteiger partial charge in [0.2, 0.25) is 0 Å². The predicted molar refractivity (Wildman–Crippen MR) is 98.1 cm³/mol. The summed E-state index contributed by atoms with van der Waals surface area (Å²) in [5.74, 6) is -0.727. The van der Waals surface area contributed by atoms with E-state index in [1.165, 1.54) is 5.56 Å². The summed E-state index contributed by atoms with van der Waals surface area (Å²) in [4.78, 5) is 13.5. The summed E-state index contributed by atoms with van der Waals surface area (Å²) >= 11 is 0. The van der Waals surface area contributed by atoms with E-state index in [-0.39, 0.29) is 5.54 Å². The SMILES string of the molecule is CC1(NCCc2ccccc2N)CCN(CC(C)(C)C(=O)O)CC1. The number of piperidine rings is 1. The van der Waals surface area contributed by atoms with Crippen molar-refractivity contribution in [2.24, 2.45) is 5.41 Å². The first-order valence-corrected chi connectivity index (χ1v) is 8.76. The first-order chi connectivity index (χ1) is 11.2. The largest absolute Gasteiger partial charge is 0.481 e. The zero-order valence-corrected chi connectivity index (χ0v) is 15.1. The number of para-hydroxylation sites is 1. The predicted octanol–water partition coefficient (Wildman–Crippen LogP) is 2.37.